The number of carbonyl (C=O) groups excluding carboxylic acids is 1. The molecule has 0 aliphatic carbocycles. The van der Waals surface area contributed by atoms with E-state index in [0.29, 0.717) is 5.92 Å². The van der Waals surface area contributed by atoms with Crippen molar-refractivity contribution >= 4 is 12.0 Å². The van der Waals surface area contributed by atoms with E-state index in [0.717, 1.165) is 24.3 Å². The fraction of sp³-hybridized carbons (Fsp3) is 0.500. The molecular weight excluding hydrogens is 302 g/mol. The molecular formula is C20H27NO3. The minimum atomic E-state index is -0.595. The van der Waals surface area contributed by atoms with E-state index in [1.165, 1.54) is 25.3 Å². The zero-order valence-corrected chi connectivity index (χ0v) is 14.9. The Morgan fingerprint density at radius 2 is 1.96 bits per heavy atom. The average Bonchev–Trinajstić information content (AvgIpc) is 2.61. The summed E-state index contributed by atoms with van der Waals surface area (Å²) in [5, 5.41) is 9.04. The van der Waals surface area contributed by atoms with Crippen molar-refractivity contribution in [3.05, 3.63) is 35.4 Å². The molecule has 0 heterocycles. The lowest BCUT2D eigenvalue weighted by Gasteiger charge is -2.15. The van der Waals surface area contributed by atoms with Gasteiger partial charge in [-0.05, 0) is 43.0 Å². The minimum Gasteiger partial charge on any atom is -0.493 e. The molecule has 0 spiro atoms. The van der Waals surface area contributed by atoms with Crippen molar-refractivity contribution in [2.45, 2.75) is 46.5 Å². The largest absolute Gasteiger partial charge is 0.493 e. The molecule has 1 aromatic carbocycles. The number of carbonyl (C=O) groups is 1. The molecule has 0 saturated carbocycles. The summed E-state index contributed by atoms with van der Waals surface area (Å²) in [6.07, 6.45) is 6.28. The average molecular weight is 329 g/mol. The van der Waals surface area contributed by atoms with E-state index < -0.39 is 5.97 Å². The fourth-order valence-electron chi connectivity index (χ4n) is 2.28. The van der Waals surface area contributed by atoms with Gasteiger partial charge in [0.05, 0.1) is 13.2 Å². The van der Waals surface area contributed by atoms with Crippen LogP contribution >= 0.6 is 0 Å². The van der Waals surface area contributed by atoms with Crippen molar-refractivity contribution < 1.29 is 14.3 Å². The summed E-state index contributed by atoms with van der Waals surface area (Å²) < 4.78 is 10.7. The summed E-state index contributed by atoms with van der Waals surface area (Å²) in [7, 11) is 0. The second kappa shape index (κ2) is 11.3. The van der Waals surface area contributed by atoms with Gasteiger partial charge < -0.3 is 9.47 Å². The highest BCUT2D eigenvalue weighted by Gasteiger charge is 2.10. The lowest BCUT2D eigenvalue weighted by atomic mass is 10.0. The third kappa shape index (κ3) is 6.87. The van der Waals surface area contributed by atoms with E-state index in [4.69, 9.17) is 14.7 Å². The number of nitriles is 1. The quantitative estimate of drug-likeness (QED) is 0.353. The van der Waals surface area contributed by atoms with Gasteiger partial charge in [-0.3, -0.25) is 0 Å². The molecule has 0 aromatic heterocycles. The van der Waals surface area contributed by atoms with Crippen LogP contribution in [0, 0.1) is 17.2 Å². The molecule has 0 fully saturated rings. The van der Waals surface area contributed by atoms with Crippen LogP contribution in [0.1, 0.15) is 52.0 Å². The number of esters is 1. The Morgan fingerprint density at radius 1 is 1.25 bits per heavy atom. The fourth-order valence-corrected chi connectivity index (χ4v) is 2.28. The normalized spacial score (nSPS) is 12.3. The molecule has 130 valence electrons. The molecule has 0 aliphatic heterocycles. The first-order valence-electron chi connectivity index (χ1n) is 8.66. The highest BCUT2D eigenvalue weighted by molar-refractivity contribution is 5.97. The summed E-state index contributed by atoms with van der Waals surface area (Å²) in [6, 6.07) is 9.26. The number of ether oxygens (including phenoxy) is 2. The number of unbranched alkanes of at least 4 members (excludes halogenated alkanes) is 1. The zero-order chi connectivity index (χ0) is 17.8. The predicted molar refractivity (Wildman–Crippen MR) is 95.5 cm³/mol. The van der Waals surface area contributed by atoms with Gasteiger partial charge in [-0.2, -0.15) is 5.26 Å². The highest BCUT2D eigenvalue weighted by Crippen LogP contribution is 2.18. The number of hydrogen-bond acceptors (Lipinski definition) is 4. The van der Waals surface area contributed by atoms with E-state index in [2.05, 4.69) is 13.8 Å². The topological polar surface area (TPSA) is 59.3 Å². The third-order valence-electron chi connectivity index (χ3n) is 3.84. The van der Waals surface area contributed by atoms with Crippen LogP contribution < -0.4 is 4.74 Å². The van der Waals surface area contributed by atoms with Crippen molar-refractivity contribution in [3.8, 4) is 11.8 Å². The van der Waals surface area contributed by atoms with E-state index in [-0.39, 0.29) is 12.2 Å². The molecule has 1 aromatic rings. The molecule has 1 rings (SSSR count). The van der Waals surface area contributed by atoms with Gasteiger partial charge in [0, 0.05) is 0 Å². The van der Waals surface area contributed by atoms with Crippen LogP contribution in [-0.4, -0.2) is 19.2 Å². The van der Waals surface area contributed by atoms with Crippen LogP contribution in [0.2, 0.25) is 0 Å². The molecule has 0 bridgehead atoms. The van der Waals surface area contributed by atoms with Crippen LogP contribution in [-0.2, 0) is 9.53 Å². The molecule has 0 amide bonds. The minimum absolute atomic E-state index is 0.00358. The molecule has 4 heteroatoms. The van der Waals surface area contributed by atoms with Crippen LogP contribution in [0.4, 0.5) is 0 Å². The molecule has 1 atom stereocenters. The lowest BCUT2D eigenvalue weighted by Crippen LogP contribution is -2.11. The van der Waals surface area contributed by atoms with Crippen molar-refractivity contribution in [1.82, 2.24) is 0 Å². The Kier molecular flexibility index (Phi) is 9.29. The van der Waals surface area contributed by atoms with E-state index in [9.17, 15) is 4.79 Å². The molecule has 0 saturated heterocycles. The molecule has 1 unspecified atom stereocenters. The summed E-state index contributed by atoms with van der Waals surface area (Å²) in [5.41, 5.74) is 0.765. The Morgan fingerprint density at radius 3 is 2.50 bits per heavy atom. The zero-order valence-electron chi connectivity index (χ0n) is 14.9. The van der Waals surface area contributed by atoms with Crippen molar-refractivity contribution in [2.75, 3.05) is 13.2 Å². The molecule has 0 N–H and O–H groups in total. The maximum absolute atomic E-state index is 11.6. The molecule has 0 radical (unpaired) electrons. The number of nitrogens with zero attached hydrogens (tertiary/aromatic N) is 1. The second-order valence-corrected chi connectivity index (χ2v) is 5.69. The molecule has 0 aliphatic rings. The Hall–Kier alpha value is -2.28. The van der Waals surface area contributed by atoms with Crippen LogP contribution in [0.15, 0.2) is 29.8 Å². The smallest absolute Gasteiger partial charge is 0.348 e. The Balaban J connectivity index is 2.65. The maximum Gasteiger partial charge on any atom is 0.348 e. The van der Waals surface area contributed by atoms with Gasteiger partial charge >= 0.3 is 5.97 Å². The first-order valence-corrected chi connectivity index (χ1v) is 8.66. The lowest BCUT2D eigenvalue weighted by molar-refractivity contribution is -0.137. The summed E-state index contributed by atoms with van der Waals surface area (Å²) >= 11 is 0. The first kappa shape index (κ1) is 19.8. The molecule has 4 nitrogen and oxygen atoms in total. The van der Waals surface area contributed by atoms with Crippen molar-refractivity contribution in [2.24, 2.45) is 5.92 Å². The van der Waals surface area contributed by atoms with Gasteiger partial charge in [0.2, 0.25) is 0 Å². The highest BCUT2D eigenvalue weighted by atomic mass is 16.5. The predicted octanol–water partition coefficient (Wildman–Crippen LogP) is 4.75. The number of rotatable bonds is 10. The summed E-state index contributed by atoms with van der Waals surface area (Å²) in [6.45, 7) is 7.07. The second-order valence-electron chi connectivity index (χ2n) is 5.69. The van der Waals surface area contributed by atoms with Crippen molar-refractivity contribution in [3.63, 3.8) is 0 Å². The Bertz CT molecular complexity index is 570. The van der Waals surface area contributed by atoms with Crippen LogP contribution in [0.25, 0.3) is 6.08 Å². The number of hydrogen-bond donors (Lipinski definition) is 0. The van der Waals surface area contributed by atoms with Gasteiger partial charge in [0.1, 0.15) is 17.4 Å². The number of benzene rings is 1. The van der Waals surface area contributed by atoms with Crippen LogP contribution in [0.5, 0.6) is 5.75 Å². The van der Waals surface area contributed by atoms with Gasteiger partial charge in [0.15, 0.2) is 0 Å². The maximum atomic E-state index is 11.6. The van der Waals surface area contributed by atoms with E-state index in [1.54, 1.807) is 6.92 Å². The van der Waals surface area contributed by atoms with Crippen LogP contribution in [0.3, 0.4) is 0 Å². The van der Waals surface area contributed by atoms with Gasteiger partial charge in [0.25, 0.3) is 0 Å². The third-order valence-corrected chi connectivity index (χ3v) is 3.84. The van der Waals surface area contributed by atoms with Crippen molar-refractivity contribution in [1.29, 1.82) is 5.26 Å². The van der Waals surface area contributed by atoms with E-state index >= 15 is 0 Å². The van der Waals surface area contributed by atoms with Gasteiger partial charge in [-0.25, -0.2) is 4.79 Å². The van der Waals surface area contributed by atoms with Gasteiger partial charge in [-0.1, -0.05) is 45.2 Å². The molecule has 24 heavy (non-hydrogen) atoms. The first-order chi connectivity index (χ1) is 11.6. The summed E-state index contributed by atoms with van der Waals surface area (Å²) in [4.78, 5) is 11.6. The SMILES string of the molecule is CCCCC(CC)COc1ccc(/C=C(\C#N)C(=O)OCC)cc1. The summed E-state index contributed by atoms with van der Waals surface area (Å²) in [5.74, 6) is 0.789. The standard InChI is InChI=1S/C20H27NO3/c1-4-7-8-16(5-2)15-24-19-11-9-17(10-12-19)13-18(14-21)20(22)23-6-3/h9-13,16H,4-8,15H2,1-3H3/b18-13+. The Labute approximate surface area is 145 Å². The monoisotopic (exact) mass is 329 g/mol. The van der Waals surface area contributed by atoms with Gasteiger partial charge in [-0.15, -0.1) is 0 Å². The van der Waals surface area contributed by atoms with E-state index in [1.807, 2.05) is 30.3 Å².